The van der Waals surface area contributed by atoms with E-state index < -0.39 is 94.5 Å². The van der Waals surface area contributed by atoms with Gasteiger partial charge in [-0.05, 0) is 84.8 Å². The third-order valence-corrected chi connectivity index (χ3v) is 20.8. The predicted octanol–water partition coefficient (Wildman–Crippen LogP) is 7.85. The lowest BCUT2D eigenvalue weighted by Crippen LogP contribution is -2.60. The van der Waals surface area contributed by atoms with E-state index in [9.17, 15) is 19.2 Å². The number of benzene rings is 2. The molecule has 0 spiro atoms. The molecule has 0 bridgehead atoms. The molecule has 1 saturated heterocycles. The van der Waals surface area contributed by atoms with Gasteiger partial charge in [0, 0.05) is 31.8 Å². The maximum atomic E-state index is 13.7. The number of fused-ring (bicyclic) bond motifs is 1. The molecule has 0 aliphatic carbocycles. The van der Waals surface area contributed by atoms with E-state index >= 15 is 0 Å². The van der Waals surface area contributed by atoms with Gasteiger partial charge in [0.05, 0.1) is 26.1 Å². The molecule has 2 unspecified atom stereocenters. The average Bonchev–Trinajstić information content (AvgIpc) is 3.87. The number of imidazole rings is 1. The standard InChI is InChI=1S/C49H77N6O15PSi3/c1-32(2)45(58)52-48-51-44-40(46(59)53-48)50-31-54(44)47-43(66-49(62-28-26-60-35(7)56)63-29-27-61-36(8)57)42(67-71(9)55(33(3)4)34(5)6)39(65-47)30-64-74(69-72(10,11)12,70-73(13,14)15)68-41(37-22-18-16-19-23-37)38-24-20-17-21-25-38/h16-25,31-34,39,41-43,47,49H,26-30H2,1-15H3,(H2,51,52,53,58,59)/t39-,42+,43?,47-,71?/m1/s1. The van der Waals surface area contributed by atoms with Crippen LogP contribution >= 0.6 is 8.30 Å². The number of hydrogen-bond donors (Lipinski definition) is 2. The fourth-order valence-corrected chi connectivity index (χ4v) is 18.4. The molecule has 21 nitrogen and oxygen atoms in total. The zero-order chi connectivity index (χ0) is 54.5. The summed E-state index contributed by atoms with van der Waals surface area (Å²) in [5, 5.41) is 2.68. The summed E-state index contributed by atoms with van der Waals surface area (Å²) in [4.78, 5) is 61.8. The Morgan fingerprint density at radius 3 is 1.80 bits per heavy atom. The highest BCUT2D eigenvalue weighted by Gasteiger charge is 2.57. The van der Waals surface area contributed by atoms with Crippen molar-refractivity contribution in [2.45, 2.75) is 144 Å². The first-order valence-corrected chi connectivity index (χ1v) is 35.0. The fourth-order valence-electron chi connectivity index (χ4n) is 7.99. The molecule has 1 amide bonds. The monoisotopic (exact) mass is 1100 g/mol. The van der Waals surface area contributed by atoms with Gasteiger partial charge < -0.3 is 50.0 Å². The minimum Gasteiger partial charge on any atom is -0.463 e. The molecule has 74 heavy (non-hydrogen) atoms. The molecule has 2 N–H and O–H groups in total. The zero-order valence-corrected chi connectivity index (χ0v) is 49.3. The number of nitrogens with zero attached hydrogens (tertiary/aromatic N) is 4. The highest BCUT2D eigenvalue weighted by atomic mass is 31.2. The fraction of sp³-hybridized carbons (Fsp3) is 0.592. The van der Waals surface area contributed by atoms with Crippen molar-refractivity contribution >= 4 is 68.9 Å². The number of nitrogens with one attached hydrogen (secondary N) is 2. The van der Waals surface area contributed by atoms with Gasteiger partial charge in [-0.2, -0.15) is 4.98 Å². The molecule has 1 aliphatic rings. The second-order valence-corrected chi connectivity index (χ2v) is 33.6. The molecule has 5 rings (SSSR count). The highest BCUT2D eigenvalue weighted by Crippen LogP contribution is 2.48. The number of ether oxygens (including phenoxy) is 6. The van der Waals surface area contributed by atoms with Crippen molar-refractivity contribution in [3.05, 3.63) is 88.5 Å². The topological polar surface area (TPSA) is 232 Å². The van der Waals surface area contributed by atoms with Crippen LogP contribution in [0, 0.1) is 5.92 Å². The highest BCUT2D eigenvalue weighted by molar-refractivity contribution is 7.49. The Morgan fingerprint density at radius 1 is 0.797 bits per heavy atom. The number of rotatable bonds is 29. The quantitative estimate of drug-likeness (QED) is 0.0173. The van der Waals surface area contributed by atoms with Crippen LogP contribution in [0.1, 0.15) is 78.8 Å². The van der Waals surface area contributed by atoms with E-state index in [4.69, 9.17) is 50.0 Å². The minimum absolute atomic E-state index is 0.0457. The molecule has 2 aromatic carbocycles. The van der Waals surface area contributed by atoms with Crippen molar-refractivity contribution in [3.63, 3.8) is 0 Å². The van der Waals surface area contributed by atoms with Crippen molar-refractivity contribution in [1.29, 1.82) is 0 Å². The van der Waals surface area contributed by atoms with Crippen LogP contribution in [0.5, 0.6) is 0 Å². The van der Waals surface area contributed by atoms with Gasteiger partial charge in [-0.25, -0.2) is 4.98 Å². The summed E-state index contributed by atoms with van der Waals surface area (Å²) in [6.45, 7) is 26.2. The number of aromatic nitrogens is 4. The first-order valence-electron chi connectivity index (χ1n) is 24.9. The van der Waals surface area contributed by atoms with Gasteiger partial charge in [0.25, 0.3) is 12.0 Å². The van der Waals surface area contributed by atoms with Crippen LogP contribution in [0.3, 0.4) is 0 Å². The summed E-state index contributed by atoms with van der Waals surface area (Å²) < 4.78 is 76.2. The summed E-state index contributed by atoms with van der Waals surface area (Å²) in [5.41, 5.74) is 1.08. The molecule has 0 radical (unpaired) electrons. The molecule has 1 fully saturated rings. The zero-order valence-electron chi connectivity index (χ0n) is 45.4. The Hall–Kier alpha value is -4.12. The van der Waals surface area contributed by atoms with Gasteiger partial charge in [0.2, 0.25) is 11.9 Å². The summed E-state index contributed by atoms with van der Waals surface area (Å²) >= 11 is 0. The van der Waals surface area contributed by atoms with Crippen LogP contribution in [-0.4, -0.2) is 144 Å². The number of carbonyl (C=O) groups excluding carboxylic acids is 3. The van der Waals surface area contributed by atoms with E-state index in [0.29, 0.717) is 0 Å². The summed E-state index contributed by atoms with van der Waals surface area (Å²) in [5.74, 6) is -1.96. The van der Waals surface area contributed by atoms with Crippen LogP contribution in [0.15, 0.2) is 71.8 Å². The lowest BCUT2D eigenvalue weighted by Gasteiger charge is -2.41. The molecule has 5 atom stereocenters. The first-order chi connectivity index (χ1) is 34.8. The minimum atomic E-state index is -4.29. The van der Waals surface area contributed by atoms with Crippen LogP contribution < -0.4 is 10.9 Å². The van der Waals surface area contributed by atoms with E-state index in [2.05, 4.69) is 52.6 Å². The van der Waals surface area contributed by atoms with Crippen molar-refractivity contribution in [3.8, 4) is 0 Å². The molecule has 410 valence electrons. The maximum absolute atomic E-state index is 13.7. The van der Waals surface area contributed by atoms with Gasteiger partial charge in [-0.3, -0.25) is 38.7 Å². The van der Waals surface area contributed by atoms with Crippen LogP contribution in [0.2, 0.25) is 39.3 Å². The average molecular weight is 1110 g/mol. The third-order valence-electron chi connectivity index (χ3n) is 10.7. The van der Waals surface area contributed by atoms with E-state index in [0.717, 1.165) is 11.1 Å². The molecule has 4 aromatic rings. The predicted molar refractivity (Wildman–Crippen MR) is 286 cm³/mol. The van der Waals surface area contributed by atoms with Crippen molar-refractivity contribution in [2.75, 3.05) is 45.0 Å². The number of carbonyl (C=O) groups is 3. The SMILES string of the molecule is CC(=O)OCCOC(OCCOC(C)=O)OC1[C@@H](OP(C)N(C(C)C)C(C)C)[C@@H](CO[Si](OC(c2ccccc2)c2ccccc2)(O[Si](C)(C)C)O[Si](C)(C)C)O[C@H]1n1cnc2c(=O)[nH]c(NC(=O)C(C)C)nc21. The normalized spacial score (nSPS) is 18.1. The van der Waals surface area contributed by atoms with Gasteiger partial charge in [-0.1, -0.05) is 74.5 Å². The van der Waals surface area contributed by atoms with Crippen molar-refractivity contribution < 1.29 is 64.4 Å². The number of aromatic amines is 1. The number of anilines is 1. The van der Waals surface area contributed by atoms with Gasteiger partial charge in [0.15, 0.2) is 34.0 Å². The van der Waals surface area contributed by atoms with Crippen molar-refractivity contribution in [2.24, 2.45) is 5.92 Å². The Bertz CT molecular complexity index is 2390. The maximum Gasteiger partial charge on any atom is 0.659 e. The molecular weight excluding hydrogens is 1030 g/mol. The van der Waals surface area contributed by atoms with E-state index in [1.807, 2.05) is 107 Å². The third kappa shape index (κ3) is 18.0. The lowest BCUT2D eigenvalue weighted by molar-refractivity contribution is -0.319. The van der Waals surface area contributed by atoms with Gasteiger partial charge in [-0.15, -0.1) is 0 Å². The molecule has 0 saturated carbocycles. The van der Waals surface area contributed by atoms with Crippen LogP contribution in [0.25, 0.3) is 11.2 Å². The Labute approximate surface area is 439 Å². The van der Waals surface area contributed by atoms with Crippen LogP contribution in [-0.2, 0) is 64.4 Å². The Morgan fingerprint density at radius 2 is 1.32 bits per heavy atom. The smallest absolute Gasteiger partial charge is 0.463 e. The van der Waals surface area contributed by atoms with Crippen LogP contribution in [0.4, 0.5) is 5.95 Å². The largest absolute Gasteiger partial charge is 0.659 e. The van der Waals surface area contributed by atoms with Gasteiger partial charge >= 0.3 is 21.0 Å². The summed E-state index contributed by atoms with van der Waals surface area (Å²) in [6, 6.07) is 19.7. The second-order valence-electron chi connectivity index (χ2n) is 20.4. The molecule has 3 heterocycles. The number of amides is 1. The molecular formula is C49H77N6O15PSi3. The van der Waals surface area contributed by atoms with E-state index in [1.54, 1.807) is 13.8 Å². The Balaban J connectivity index is 1.71. The summed E-state index contributed by atoms with van der Waals surface area (Å²) in [6.07, 6.45) is -3.75. The van der Waals surface area contributed by atoms with E-state index in [-0.39, 0.29) is 68.1 Å². The Kier molecular flexibility index (Phi) is 22.4. The van der Waals surface area contributed by atoms with Gasteiger partial charge in [0.1, 0.15) is 45.9 Å². The second kappa shape index (κ2) is 27.3. The number of esters is 2. The molecule has 25 heteroatoms. The lowest BCUT2D eigenvalue weighted by atomic mass is 10.0. The van der Waals surface area contributed by atoms with E-state index in [1.165, 1.54) is 24.7 Å². The first kappa shape index (κ1) is 60.7. The number of hydrogen-bond acceptors (Lipinski definition) is 18. The molecule has 2 aromatic heterocycles. The van der Waals surface area contributed by atoms with Crippen molar-refractivity contribution in [1.82, 2.24) is 24.2 Å². The summed E-state index contributed by atoms with van der Waals surface area (Å²) in [7, 11) is -10.9. The number of H-pyrrole nitrogens is 1. The molecule has 1 aliphatic heterocycles.